The van der Waals surface area contributed by atoms with Gasteiger partial charge in [0.15, 0.2) is 0 Å². The van der Waals surface area contributed by atoms with Crippen LogP contribution in [0.1, 0.15) is 20.3 Å². The fraction of sp³-hybridized carbons (Fsp3) is 1.00. The summed E-state index contributed by atoms with van der Waals surface area (Å²) >= 11 is 0. The molecule has 0 fully saturated rings. The quantitative estimate of drug-likeness (QED) is 0.595. The molecule has 0 saturated carbocycles. The molecule has 0 bridgehead atoms. The van der Waals surface area contributed by atoms with E-state index in [4.69, 9.17) is 19.9 Å². The lowest BCUT2D eigenvalue weighted by Gasteiger charge is -2.35. The van der Waals surface area contributed by atoms with Crippen molar-refractivity contribution in [2.45, 2.75) is 31.9 Å². The molecule has 0 aliphatic heterocycles. The monoisotopic (exact) mass is 262 g/mol. The van der Waals surface area contributed by atoms with E-state index in [1.807, 2.05) is 0 Å². The van der Waals surface area contributed by atoms with Crippen molar-refractivity contribution >= 4 is 0 Å². The highest BCUT2D eigenvalue weighted by atomic mass is 16.5. The van der Waals surface area contributed by atoms with Gasteiger partial charge in [0.1, 0.15) is 0 Å². The molecular formula is C13H30N2O3. The molecule has 0 saturated heterocycles. The van der Waals surface area contributed by atoms with Crippen LogP contribution in [0.15, 0.2) is 0 Å². The zero-order valence-electron chi connectivity index (χ0n) is 12.6. The molecule has 0 aliphatic carbocycles. The largest absolute Gasteiger partial charge is 0.383 e. The average Bonchev–Trinajstić information content (AvgIpc) is 2.36. The van der Waals surface area contributed by atoms with E-state index >= 15 is 0 Å². The molecule has 0 aromatic rings. The van der Waals surface area contributed by atoms with Crippen molar-refractivity contribution in [3.63, 3.8) is 0 Å². The third-order valence-electron chi connectivity index (χ3n) is 3.23. The van der Waals surface area contributed by atoms with Crippen LogP contribution in [0, 0.1) is 0 Å². The zero-order valence-corrected chi connectivity index (χ0v) is 12.6. The van der Waals surface area contributed by atoms with Crippen LogP contribution < -0.4 is 5.73 Å². The number of methoxy groups -OCH3 is 3. The first-order valence-electron chi connectivity index (χ1n) is 6.48. The van der Waals surface area contributed by atoms with Gasteiger partial charge in [0.05, 0.1) is 18.8 Å². The van der Waals surface area contributed by atoms with Gasteiger partial charge in [0, 0.05) is 47.0 Å². The van der Waals surface area contributed by atoms with E-state index in [0.717, 1.165) is 19.5 Å². The molecule has 2 N–H and O–H groups in total. The summed E-state index contributed by atoms with van der Waals surface area (Å²) in [6.45, 7) is 7.91. The lowest BCUT2D eigenvalue weighted by Crippen LogP contribution is -2.47. The van der Waals surface area contributed by atoms with Crippen LogP contribution in [-0.2, 0) is 14.2 Å². The van der Waals surface area contributed by atoms with Crippen LogP contribution in [0.3, 0.4) is 0 Å². The Morgan fingerprint density at radius 2 is 1.56 bits per heavy atom. The highest BCUT2D eigenvalue weighted by molar-refractivity contribution is 4.81. The summed E-state index contributed by atoms with van der Waals surface area (Å²) < 4.78 is 15.8. The van der Waals surface area contributed by atoms with E-state index in [2.05, 4.69) is 18.7 Å². The molecule has 0 aromatic carbocycles. The molecule has 0 rings (SSSR count). The summed E-state index contributed by atoms with van der Waals surface area (Å²) in [6.07, 6.45) is 0.896. The van der Waals surface area contributed by atoms with E-state index in [-0.39, 0.29) is 11.6 Å². The SMILES string of the molecule is COCCN(CCOC)C(CN)CC(C)(C)OC. The fourth-order valence-electron chi connectivity index (χ4n) is 1.91. The third kappa shape index (κ3) is 7.28. The maximum Gasteiger partial charge on any atom is 0.0638 e. The molecule has 5 nitrogen and oxygen atoms in total. The highest BCUT2D eigenvalue weighted by Gasteiger charge is 2.26. The lowest BCUT2D eigenvalue weighted by molar-refractivity contribution is -0.0137. The van der Waals surface area contributed by atoms with Crippen LogP contribution in [0.5, 0.6) is 0 Å². The molecule has 0 radical (unpaired) electrons. The maximum absolute atomic E-state index is 5.90. The molecule has 0 aliphatic rings. The second kappa shape index (κ2) is 9.69. The summed E-state index contributed by atoms with van der Waals surface area (Å²) in [6, 6.07) is 0.283. The van der Waals surface area contributed by atoms with Gasteiger partial charge < -0.3 is 19.9 Å². The van der Waals surface area contributed by atoms with Gasteiger partial charge in [-0.1, -0.05) is 0 Å². The van der Waals surface area contributed by atoms with Crippen molar-refractivity contribution in [3.05, 3.63) is 0 Å². The van der Waals surface area contributed by atoms with E-state index in [9.17, 15) is 0 Å². The first-order valence-corrected chi connectivity index (χ1v) is 6.48. The Morgan fingerprint density at radius 3 is 1.89 bits per heavy atom. The Morgan fingerprint density at radius 1 is 1.06 bits per heavy atom. The van der Waals surface area contributed by atoms with Gasteiger partial charge in [-0.05, 0) is 20.3 Å². The summed E-state index contributed by atoms with van der Waals surface area (Å²) in [5.74, 6) is 0. The Hall–Kier alpha value is -0.200. The van der Waals surface area contributed by atoms with Gasteiger partial charge in [-0.15, -0.1) is 0 Å². The predicted octanol–water partition coefficient (Wildman–Crippen LogP) is 0.724. The molecule has 5 heteroatoms. The molecule has 0 amide bonds. The Bertz CT molecular complexity index is 193. The van der Waals surface area contributed by atoms with Gasteiger partial charge in [-0.25, -0.2) is 0 Å². The third-order valence-corrected chi connectivity index (χ3v) is 3.23. The van der Waals surface area contributed by atoms with Crippen molar-refractivity contribution in [3.8, 4) is 0 Å². The number of hydrogen-bond acceptors (Lipinski definition) is 5. The molecule has 18 heavy (non-hydrogen) atoms. The topological polar surface area (TPSA) is 57.0 Å². The van der Waals surface area contributed by atoms with Crippen LogP contribution in [0.25, 0.3) is 0 Å². The highest BCUT2D eigenvalue weighted by Crippen LogP contribution is 2.18. The van der Waals surface area contributed by atoms with Crippen LogP contribution in [0.4, 0.5) is 0 Å². The van der Waals surface area contributed by atoms with Crippen LogP contribution in [-0.4, -0.2) is 70.7 Å². The minimum absolute atomic E-state index is 0.164. The minimum Gasteiger partial charge on any atom is -0.383 e. The standard InChI is InChI=1S/C13H30N2O3/c1-13(2,18-5)10-12(11-14)15(6-8-16-3)7-9-17-4/h12H,6-11,14H2,1-5H3. The molecule has 0 heterocycles. The van der Waals surface area contributed by atoms with E-state index in [0.29, 0.717) is 19.8 Å². The van der Waals surface area contributed by atoms with Crippen LogP contribution >= 0.6 is 0 Å². The second-order valence-corrected chi connectivity index (χ2v) is 5.08. The van der Waals surface area contributed by atoms with Crippen LogP contribution in [0.2, 0.25) is 0 Å². The Kier molecular flexibility index (Phi) is 9.59. The first-order chi connectivity index (χ1) is 8.50. The Balaban J connectivity index is 4.47. The van der Waals surface area contributed by atoms with E-state index in [1.165, 1.54) is 0 Å². The van der Waals surface area contributed by atoms with Gasteiger partial charge in [0.2, 0.25) is 0 Å². The van der Waals surface area contributed by atoms with E-state index in [1.54, 1.807) is 21.3 Å². The van der Waals surface area contributed by atoms with Gasteiger partial charge in [0.25, 0.3) is 0 Å². The normalized spacial score (nSPS) is 14.2. The summed E-state index contributed by atoms with van der Waals surface area (Å²) in [5.41, 5.74) is 5.74. The minimum atomic E-state index is -0.164. The van der Waals surface area contributed by atoms with Gasteiger partial charge >= 0.3 is 0 Å². The molecule has 0 spiro atoms. The molecular weight excluding hydrogens is 232 g/mol. The zero-order chi connectivity index (χ0) is 14.0. The number of rotatable bonds is 11. The van der Waals surface area contributed by atoms with Crippen molar-refractivity contribution in [1.82, 2.24) is 4.90 Å². The first kappa shape index (κ1) is 17.8. The lowest BCUT2D eigenvalue weighted by atomic mass is 9.97. The smallest absolute Gasteiger partial charge is 0.0638 e. The maximum atomic E-state index is 5.90. The van der Waals surface area contributed by atoms with E-state index < -0.39 is 0 Å². The van der Waals surface area contributed by atoms with Crippen molar-refractivity contribution in [2.24, 2.45) is 5.73 Å². The van der Waals surface area contributed by atoms with Gasteiger partial charge in [-0.3, -0.25) is 4.90 Å². The summed E-state index contributed by atoms with van der Waals surface area (Å²) in [4.78, 5) is 2.31. The van der Waals surface area contributed by atoms with Crippen molar-refractivity contribution < 1.29 is 14.2 Å². The average molecular weight is 262 g/mol. The molecule has 0 aromatic heterocycles. The van der Waals surface area contributed by atoms with Gasteiger partial charge in [-0.2, -0.15) is 0 Å². The Labute approximate surface area is 112 Å². The van der Waals surface area contributed by atoms with Crippen molar-refractivity contribution in [1.29, 1.82) is 0 Å². The number of nitrogens with zero attached hydrogens (tertiary/aromatic N) is 1. The number of hydrogen-bond donors (Lipinski definition) is 1. The predicted molar refractivity (Wildman–Crippen MR) is 73.9 cm³/mol. The number of nitrogens with two attached hydrogens (primary N) is 1. The molecule has 1 atom stereocenters. The molecule has 110 valence electrons. The second-order valence-electron chi connectivity index (χ2n) is 5.08. The molecule has 1 unspecified atom stereocenters. The summed E-state index contributed by atoms with van der Waals surface area (Å²) in [5, 5.41) is 0. The van der Waals surface area contributed by atoms with Crippen molar-refractivity contribution in [2.75, 3.05) is 54.2 Å². The summed E-state index contributed by atoms with van der Waals surface area (Å²) in [7, 11) is 5.16. The number of ether oxygens (including phenoxy) is 3. The fourth-order valence-corrected chi connectivity index (χ4v) is 1.91.